The number of benzene rings is 2. The van der Waals surface area contributed by atoms with E-state index >= 15 is 0 Å². The standard InChI is InChI=1S/C23H24N2O4/c1-15(10-17-6-4-3-5-7-17)13-24-22(26)12-19-16(2)29-23(25-19)18-8-9-20-21(11-18)28-14-27-20/h3-9,11,15H,10,12-14H2,1-2H3,(H,24,26). The number of rotatable bonds is 7. The van der Waals surface area contributed by atoms with Crippen LogP contribution in [0.4, 0.5) is 0 Å². The van der Waals surface area contributed by atoms with Gasteiger partial charge in [0.2, 0.25) is 18.6 Å². The molecule has 1 unspecified atom stereocenters. The number of oxazole rings is 1. The summed E-state index contributed by atoms with van der Waals surface area (Å²) in [6.07, 6.45) is 1.12. The Labute approximate surface area is 169 Å². The van der Waals surface area contributed by atoms with E-state index in [-0.39, 0.29) is 19.1 Å². The van der Waals surface area contributed by atoms with Crippen LogP contribution < -0.4 is 14.8 Å². The van der Waals surface area contributed by atoms with Crippen molar-refractivity contribution >= 4 is 5.91 Å². The molecule has 6 heteroatoms. The smallest absolute Gasteiger partial charge is 0.231 e. The Morgan fingerprint density at radius 3 is 2.76 bits per heavy atom. The number of carbonyl (C=O) groups is 1. The Hall–Kier alpha value is -3.28. The fourth-order valence-corrected chi connectivity index (χ4v) is 3.34. The molecule has 0 aliphatic carbocycles. The fourth-order valence-electron chi connectivity index (χ4n) is 3.34. The first kappa shape index (κ1) is 19.1. The summed E-state index contributed by atoms with van der Waals surface area (Å²) in [5, 5.41) is 3.00. The lowest BCUT2D eigenvalue weighted by Gasteiger charge is -2.12. The van der Waals surface area contributed by atoms with Gasteiger partial charge < -0.3 is 19.2 Å². The molecule has 1 atom stereocenters. The number of hydrogen-bond acceptors (Lipinski definition) is 5. The molecule has 2 heterocycles. The third-order valence-electron chi connectivity index (χ3n) is 4.91. The lowest BCUT2D eigenvalue weighted by Crippen LogP contribution is -2.30. The van der Waals surface area contributed by atoms with Gasteiger partial charge in [0.1, 0.15) is 5.76 Å². The third kappa shape index (κ3) is 4.59. The Bertz CT molecular complexity index is 997. The lowest BCUT2D eigenvalue weighted by molar-refractivity contribution is -0.120. The average Bonchev–Trinajstić information content (AvgIpc) is 3.33. The predicted octanol–water partition coefficient (Wildman–Crippen LogP) is 3.92. The SMILES string of the molecule is Cc1oc(-c2ccc3c(c2)OCO3)nc1CC(=O)NCC(C)Cc1ccccc1. The summed E-state index contributed by atoms with van der Waals surface area (Å²) in [5.41, 5.74) is 2.71. The third-order valence-corrected chi connectivity index (χ3v) is 4.91. The Kier molecular flexibility index (Phi) is 5.51. The summed E-state index contributed by atoms with van der Waals surface area (Å²) >= 11 is 0. The second-order valence-corrected chi connectivity index (χ2v) is 7.37. The summed E-state index contributed by atoms with van der Waals surface area (Å²) in [7, 11) is 0. The predicted molar refractivity (Wildman–Crippen MR) is 109 cm³/mol. The van der Waals surface area contributed by atoms with Gasteiger partial charge in [-0.1, -0.05) is 37.3 Å². The van der Waals surface area contributed by atoms with Crippen LogP contribution in [0.5, 0.6) is 11.5 Å². The number of hydrogen-bond donors (Lipinski definition) is 1. The van der Waals surface area contributed by atoms with Crippen LogP contribution in [-0.2, 0) is 17.6 Å². The van der Waals surface area contributed by atoms with Crippen LogP contribution in [-0.4, -0.2) is 24.2 Å². The minimum Gasteiger partial charge on any atom is -0.454 e. The number of amides is 1. The van der Waals surface area contributed by atoms with Gasteiger partial charge in [-0.25, -0.2) is 4.98 Å². The van der Waals surface area contributed by atoms with Crippen molar-refractivity contribution < 1.29 is 18.7 Å². The monoisotopic (exact) mass is 392 g/mol. The van der Waals surface area contributed by atoms with E-state index in [1.165, 1.54) is 5.56 Å². The van der Waals surface area contributed by atoms with Gasteiger partial charge in [-0.3, -0.25) is 4.79 Å². The summed E-state index contributed by atoms with van der Waals surface area (Å²) in [6.45, 7) is 4.80. The summed E-state index contributed by atoms with van der Waals surface area (Å²) in [6, 6.07) is 15.8. The topological polar surface area (TPSA) is 73.6 Å². The Balaban J connectivity index is 1.34. The molecule has 6 nitrogen and oxygen atoms in total. The molecular weight excluding hydrogens is 368 g/mol. The normalized spacial score (nSPS) is 13.3. The highest BCUT2D eigenvalue weighted by atomic mass is 16.7. The minimum atomic E-state index is -0.0569. The zero-order valence-electron chi connectivity index (χ0n) is 16.6. The highest BCUT2D eigenvalue weighted by molar-refractivity contribution is 5.78. The van der Waals surface area contributed by atoms with Crippen molar-refractivity contribution in [2.75, 3.05) is 13.3 Å². The van der Waals surface area contributed by atoms with Gasteiger partial charge in [-0.15, -0.1) is 0 Å². The van der Waals surface area contributed by atoms with Crippen LogP contribution in [0, 0.1) is 12.8 Å². The molecule has 150 valence electrons. The van der Waals surface area contributed by atoms with E-state index in [1.807, 2.05) is 43.3 Å². The largest absolute Gasteiger partial charge is 0.454 e. The average molecular weight is 392 g/mol. The molecule has 0 spiro atoms. The van der Waals surface area contributed by atoms with Crippen molar-refractivity contribution in [2.45, 2.75) is 26.7 Å². The van der Waals surface area contributed by atoms with Crippen LogP contribution in [0.2, 0.25) is 0 Å². The number of nitrogens with one attached hydrogen (secondary N) is 1. The Morgan fingerprint density at radius 2 is 1.93 bits per heavy atom. The number of nitrogens with zero attached hydrogens (tertiary/aromatic N) is 1. The van der Waals surface area contributed by atoms with E-state index in [0.29, 0.717) is 41.3 Å². The van der Waals surface area contributed by atoms with E-state index < -0.39 is 0 Å². The molecule has 29 heavy (non-hydrogen) atoms. The number of aryl methyl sites for hydroxylation is 1. The van der Waals surface area contributed by atoms with Gasteiger partial charge in [0.15, 0.2) is 11.5 Å². The molecule has 1 aromatic heterocycles. The van der Waals surface area contributed by atoms with Gasteiger partial charge >= 0.3 is 0 Å². The van der Waals surface area contributed by atoms with Crippen LogP contribution in [0.1, 0.15) is 23.9 Å². The zero-order chi connectivity index (χ0) is 20.2. The second-order valence-electron chi connectivity index (χ2n) is 7.37. The molecule has 4 rings (SSSR count). The maximum absolute atomic E-state index is 12.4. The molecule has 1 N–H and O–H groups in total. The fraction of sp³-hybridized carbons (Fsp3) is 0.304. The van der Waals surface area contributed by atoms with E-state index in [2.05, 4.69) is 29.4 Å². The van der Waals surface area contributed by atoms with E-state index in [9.17, 15) is 4.79 Å². The van der Waals surface area contributed by atoms with Crippen LogP contribution in [0.15, 0.2) is 52.9 Å². The molecule has 1 amide bonds. The quantitative estimate of drug-likeness (QED) is 0.660. The molecular formula is C23H24N2O4. The van der Waals surface area contributed by atoms with Crippen molar-refractivity contribution in [2.24, 2.45) is 5.92 Å². The van der Waals surface area contributed by atoms with Crippen LogP contribution in [0.25, 0.3) is 11.5 Å². The van der Waals surface area contributed by atoms with Gasteiger partial charge in [0, 0.05) is 12.1 Å². The Morgan fingerprint density at radius 1 is 1.14 bits per heavy atom. The number of carbonyl (C=O) groups excluding carboxylic acids is 1. The highest BCUT2D eigenvalue weighted by Crippen LogP contribution is 2.36. The molecule has 1 aliphatic rings. The van der Waals surface area contributed by atoms with Crippen molar-refractivity contribution in [3.8, 4) is 23.0 Å². The van der Waals surface area contributed by atoms with E-state index in [0.717, 1.165) is 12.0 Å². The van der Waals surface area contributed by atoms with Crippen molar-refractivity contribution in [3.63, 3.8) is 0 Å². The van der Waals surface area contributed by atoms with Crippen molar-refractivity contribution in [1.82, 2.24) is 10.3 Å². The van der Waals surface area contributed by atoms with Gasteiger partial charge in [-0.05, 0) is 43.0 Å². The number of aromatic nitrogens is 1. The number of fused-ring (bicyclic) bond motifs is 1. The first-order chi connectivity index (χ1) is 14.1. The van der Waals surface area contributed by atoms with Crippen LogP contribution in [0.3, 0.4) is 0 Å². The first-order valence-electron chi connectivity index (χ1n) is 9.75. The zero-order valence-corrected chi connectivity index (χ0v) is 16.6. The van der Waals surface area contributed by atoms with Gasteiger partial charge in [0.05, 0.1) is 12.1 Å². The molecule has 1 aliphatic heterocycles. The van der Waals surface area contributed by atoms with E-state index in [4.69, 9.17) is 13.9 Å². The second kappa shape index (κ2) is 8.39. The highest BCUT2D eigenvalue weighted by Gasteiger charge is 2.19. The van der Waals surface area contributed by atoms with Crippen molar-refractivity contribution in [3.05, 3.63) is 65.5 Å². The van der Waals surface area contributed by atoms with Crippen molar-refractivity contribution in [1.29, 1.82) is 0 Å². The summed E-state index contributed by atoms with van der Waals surface area (Å²) in [4.78, 5) is 16.9. The van der Waals surface area contributed by atoms with Gasteiger partial charge in [-0.2, -0.15) is 0 Å². The maximum atomic E-state index is 12.4. The molecule has 0 fully saturated rings. The molecule has 2 aromatic carbocycles. The lowest BCUT2D eigenvalue weighted by atomic mass is 10.0. The molecule has 0 radical (unpaired) electrons. The van der Waals surface area contributed by atoms with Crippen LogP contribution >= 0.6 is 0 Å². The molecule has 0 bridgehead atoms. The summed E-state index contributed by atoms with van der Waals surface area (Å²) < 4.78 is 16.5. The molecule has 3 aromatic rings. The first-order valence-corrected chi connectivity index (χ1v) is 9.75. The molecule has 0 saturated heterocycles. The van der Waals surface area contributed by atoms with Gasteiger partial charge in [0.25, 0.3) is 0 Å². The van der Waals surface area contributed by atoms with E-state index in [1.54, 1.807) is 0 Å². The summed E-state index contributed by atoms with van der Waals surface area (Å²) in [5.74, 6) is 2.79. The number of ether oxygens (including phenoxy) is 2. The maximum Gasteiger partial charge on any atom is 0.231 e. The minimum absolute atomic E-state index is 0.0569. The molecule has 0 saturated carbocycles.